The van der Waals surface area contributed by atoms with Crippen LogP contribution >= 0.6 is 0 Å². The molecule has 0 aliphatic carbocycles. The van der Waals surface area contributed by atoms with Gasteiger partial charge in [0.25, 0.3) is 0 Å². The molecule has 0 amide bonds. The van der Waals surface area contributed by atoms with Gasteiger partial charge in [-0.2, -0.15) is 15.4 Å². The number of rotatable bonds is 8. The van der Waals surface area contributed by atoms with Crippen molar-refractivity contribution >= 4 is 0 Å². The highest BCUT2D eigenvalue weighted by Gasteiger charge is 2.09. The van der Waals surface area contributed by atoms with Crippen molar-refractivity contribution in [2.75, 3.05) is 0 Å². The third-order valence-electron chi connectivity index (χ3n) is 2.61. The maximum atomic E-state index is 9.69. The van der Waals surface area contributed by atoms with Crippen LogP contribution in [-0.2, 0) is 0 Å². The molecule has 86 valence electrons. The number of nitrogens with one attached hydrogen (secondary N) is 1. The van der Waals surface area contributed by atoms with Gasteiger partial charge in [-0.15, -0.1) is 0 Å². The first kappa shape index (κ1) is 12.2. The summed E-state index contributed by atoms with van der Waals surface area (Å²) in [6, 6.07) is 0. The van der Waals surface area contributed by atoms with Crippen LogP contribution in [0.3, 0.4) is 0 Å². The van der Waals surface area contributed by atoms with Gasteiger partial charge in [0.05, 0.1) is 12.3 Å². The van der Waals surface area contributed by atoms with Gasteiger partial charge in [0.1, 0.15) is 5.69 Å². The average molecular weight is 211 g/mol. The second-order valence-corrected chi connectivity index (χ2v) is 3.97. The highest BCUT2D eigenvalue weighted by molar-refractivity contribution is 4.95. The molecule has 4 nitrogen and oxygen atoms in total. The Hall–Kier alpha value is -0.900. The van der Waals surface area contributed by atoms with Crippen LogP contribution in [-0.4, -0.2) is 20.5 Å². The largest absolute Gasteiger partial charge is 0.387 e. The van der Waals surface area contributed by atoms with Gasteiger partial charge in [-0.25, -0.2) is 0 Å². The van der Waals surface area contributed by atoms with E-state index in [1.807, 2.05) is 0 Å². The molecule has 0 radical (unpaired) electrons. The summed E-state index contributed by atoms with van der Waals surface area (Å²) in [5, 5.41) is 19.7. The molecule has 0 fully saturated rings. The normalized spacial score (nSPS) is 12.9. The highest BCUT2D eigenvalue weighted by atomic mass is 16.3. The van der Waals surface area contributed by atoms with Crippen molar-refractivity contribution in [1.29, 1.82) is 0 Å². The zero-order valence-corrected chi connectivity index (χ0v) is 9.45. The lowest BCUT2D eigenvalue weighted by Gasteiger charge is -2.06. The maximum Gasteiger partial charge on any atom is 0.111 e. The van der Waals surface area contributed by atoms with E-state index in [2.05, 4.69) is 22.3 Å². The summed E-state index contributed by atoms with van der Waals surface area (Å²) in [5.41, 5.74) is 0.656. The minimum atomic E-state index is -0.449. The van der Waals surface area contributed by atoms with Crippen molar-refractivity contribution in [3.05, 3.63) is 11.9 Å². The Morgan fingerprint density at radius 1 is 1.27 bits per heavy atom. The molecule has 0 spiro atoms. The fourth-order valence-electron chi connectivity index (χ4n) is 1.64. The van der Waals surface area contributed by atoms with Crippen LogP contribution in [0.2, 0.25) is 0 Å². The number of aliphatic hydroxyl groups excluding tert-OH is 1. The summed E-state index contributed by atoms with van der Waals surface area (Å²) in [4.78, 5) is 0. The minimum Gasteiger partial charge on any atom is -0.387 e. The van der Waals surface area contributed by atoms with Gasteiger partial charge in [-0.1, -0.05) is 45.4 Å². The fourth-order valence-corrected chi connectivity index (χ4v) is 1.64. The van der Waals surface area contributed by atoms with Crippen molar-refractivity contribution in [1.82, 2.24) is 15.4 Å². The summed E-state index contributed by atoms with van der Waals surface area (Å²) >= 11 is 0. The van der Waals surface area contributed by atoms with Crippen LogP contribution in [0.5, 0.6) is 0 Å². The van der Waals surface area contributed by atoms with Gasteiger partial charge in [0.15, 0.2) is 0 Å². The summed E-state index contributed by atoms with van der Waals surface area (Å²) in [7, 11) is 0. The van der Waals surface area contributed by atoms with Gasteiger partial charge in [0, 0.05) is 0 Å². The number of hydrogen-bond acceptors (Lipinski definition) is 3. The molecule has 1 heterocycles. The number of unbranched alkanes of at least 4 members (excludes halogenated alkanes) is 5. The number of aliphatic hydroxyl groups is 1. The molecule has 1 aromatic rings. The van der Waals surface area contributed by atoms with Crippen molar-refractivity contribution in [2.24, 2.45) is 0 Å². The van der Waals surface area contributed by atoms with E-state index in [1.54, 1.807) is 6.20 Å². The number of aromatic nitrogens is 3. The second kappa shape index (κ2) is 7.40. The monoisotopic (exact) mass is 211 g/mol. The molecule has 0 aromatic carbocycles. The van der Waals surface area contributed by atoms with E-state index >= 15 is 0 Å². The van der Waals surface area contributed by atoms with Crippen molar-refractivity contribution in [3.63, 3.8) is 0 Å². The quantitative estimate of drug-likeness (QED) is 0.650. The first-order valence-electron chi connectivity index (χ1n) is 5.88. The zero-order valence-electron chi connectivity index (χ0n) is 9.45. The summed E-state index contributed by atoms with van der Waals surface area (Å²) in [6.45, 7) is 2.22. The maximum absolute atomic E-state index is 9.69. The van der Waals surface area contributed by atoms with Crippen molar-refractivity contribution in [3.8, 4) is 0 Å². The standard InChI is InChI=1S/C11H21N3O/c1-2-3-4-5-6-7-8-11(15)10-9-12-14-13-10/h9,11,15H,2-8H2,1H3,(H,12,13,14). The zero-order chi connectivity index (χ0) is 10.9. The summed E-state index contributed by atoms with van der Waals surface area (Å²) < 4.78 is 0. The highest BCUT2D eigenvalue weighted by Crippen LogP contribution is 2.17. The SMILES string of the molecule is CCCCCCCCC(O)c1cn[nH]n1. The summed E-state index contributed by atoms with van der Waals surface area (Å²) in [6.07, 6.45) is 9.39. The number of hydrogen-bond donors (Lipinski definition) is 2. The molecule has 1 aromatic heterocycles. The molecule has 0 saturated carbocycles. The van der Waals surface area contributed by atoms with E-state index in [-0.39, 0.29) is 0 Å². The Bertz CT molecular complexity index is 236. The molecule has 1 atom stereocenters. The lowest BCUT2D eigenvalue weighted by atomic mass is 10.1. The van der Waals surface area contributed by atoms with Crippen LogP contribution < -0.4 is 0 Å². The lowest BCUT2D eigenvalue weighted by Crippen LogP contribution is -1.97. The van der Waals surface area contributed by atoms with Gasteiger partial charge in [-0.3, -0.25) is 0 Å². The molecule has 1 unspecified atom stereocenters. The number of H-pyrrole nitrogens is 1. The molecule has 2 N–H and O–H groups in total. The first-order valence-corrected chi connectivity index (χ1v) is 5.88. The third-order valence-corrected chi connectivity index (χ3v) is 2.61. The third kappa shape index (κ3) is 4.93. The fraction of sp³-hybridized carbons (Fsp3) is 0.818. The van der Waals surface area contributed by atoms with Crippen LogP contribution in [0, 0.1) is 0 Å². The average Bonchev–Trinajstić information content (AvgIpc) is 2.76. The number of aromatic amines is 1. The van der Waals surface area contributed by atoms with Crippen LogP contribution in [0.25, 0.3) is 0 Å². The van der Waals surface area contributed by atoms with Gasteiger partial charge in [0.2, 0.25) is 0 Å². The Balaban J connectivity index is 2.00. The van der Waals surface area contributed by atoms with Gasteiger partial charge < -0.3 is 5.11 Å². The van der Waals surface area contributed by atoms with Gasteiger partial charge in [-0.05, 0) is 6.42 Å². The second-order valence-electron chi connectivity index (χ2n) is 3.97. The van der Waals surface area contributed by atoms with Crippen molar-refractivity contribution < 1.29 is 5.11 Å². The summed E-state index contributed by atoms with van der Waals surface area (Å²) in [5.74, 6) is 0. The van der Waals surface area contributed by atoms with Crippen LogP contribution in [0.4, 0.5) is 0 Å². The molecule has 1 rings (SSSR count). The topological polar surface area (TPSA) is 61.8 Å². The minimum absolute atomic E-state index is 0.449. The van der Waals surface area contributed by atoms with E-state index in [4.69, 9.17) is 0 Å². The molecule has 0 aliphatic rings. The van der Waals surface area contributed by atoms with E-state index in [0.717, 1.165) is 12.8 Å². The number of nitrogens with zero attached hydrogens (tertiary/aromatic N) is 2. The molecular formula is C11H21N3O. The molecule has 15 heavy (non-hydrogen) atoms. The lowest BCUT2D eigenvalue weighted by molar-refractivity contribution is 0.158. The Morgan fingerprint density at radius 2 is 2.00 bits per heavy atom. The molecule has 0 bridgehead atoms. The molecular weight excluding hydrogens is 190 g/mol. The van der Waals surface area contributed by atoms with E-state index < -0.39 is 6.10 Å². The van der Waals surface area contributed by atoms with Crippen LogP contribution in [0.15, 0.2) is 6.20 Å². The molecule has 0 saturated heterocycles. The van der Waals surface area contributed by atoms with E-state index in [0.29, 0.717) is 5.69 Å². The Kier molecular flexibility index (Phi) is 6.00. The van der Waals surface area contributed by atoms with Crippen molar-refractivity contribution in [2.45, 2.75) is 58.0 Å². The smallest absolute Gasteiger partial charge is 0.111 e. The first-order chi connectivity index (χ1) is 7.34. The molecule has 4 heteroatoms. The predicted molar refractivity (Wildman–Crippen MR) is 59.3 cm³/mol. The predicted octanol–water partition coefficient (Wildman–Crippen LogP) is 2.59. The van der Waals surface area contributed by atoms with E-state index in [9.17, 15) is 5.11 Å². The Labute approximate surface area is 91.1 Å². The van der Waals surface area contributed by atoms with Crippen LogP contribution in [0.1, 0.15) is 63.7 Å². The van der Waals surface area contributed by atoms with E-state index in [1.165, 1.54) is 32.1 Å². The van der Waals surface area contributed by atoms with Gasteiger partial charge >= 0.3 is 0 Å². The Morgan fingerprint density at radius 3 is 2.67 bits per heavy atom. The molecule has 0 aliphatic heterocycles.